The standard InChI is InChI=1S/C8H16BrN/c1-7(6-9)8-4-2-3-5-10-8/h7-8,10H,2-6H2,1H3. The molecule has 1 aliphatic heterocycles. The molecule has 0 saturated carbocycles. The van der Waals surface area contributed by atoms with E-state index in [2.05, 4.69) is 28.2 Å². The minimum atomic E-state index is 0.771. The van der Waals surface area contributed by atoms with Crippen molar-refractivity contribution in [2.45, 2.75) is 32.2 Å². The molecule has 1 fully saturated rings. The molecule has 0 aromatic rings. The van der Waals surface area contributed by atoms with E-state index in [0.29, 0.717) is 0 Å². The van der Waals surface area contributed by atoms with Gasteiger partial charge in [0.1, 0.15) is 0 Å². The van der Waals surface area contributed by atoms with Gasteiger partial charge < -0.3 is 5.32 Å². The zero-order valence-electron chi connectivity index (χ0n) is 6.57. The molecule has 1 N–H and O–H groups in total. The lowest BCUT2D eigenvalue weighted by Gasteiger charge is -2.27. The van der Waals surface area contributed by atoms with Crippen LogP contribution in [0.15, 0.2) is 0 Å². The van der Waals surface area contributed by atoms with Crippen molar-refractivity contribution in [3.8, 4) is 0 Å². The van der Waals surface area contributed by atoms with Crippen molar-refractivity contribution >= 4 is 15.9 Å². The van der Waals surface area contributed by atoms with Crippen molar-refractivity contribution in [2.24, 2.45) is 5.92 Å². The fourth-order valence-electron chi connectivity index (χ4n) is 1.47. The minimum absolute atomic E-state index is 0.771. The Hall–Kier alpha value is 0.440. The molecule has 60 valence electrons. The van der Waals surface area contributed by atoms with Crippen LogP contribution in [0.3, 0.4) is 0 Å². The van der Waals surface area contributed by atoms with Gasteiger partial charge in [0.15, 0.2) is 0 Å². The van der Waals surface area contributed by atoms with Crippen LogP contribution in [0.25, 0.3) is 0 Å². The number of rotatable bonds is 2. The molecule has 0 radical (unpaired) electrons. The quantitative estimate of drug-likeness (QED) is 0.682. The Morgan fingerprint density at radius 2 is 2.40 bits per heavy atom. The normalized spacial score (nSPS) is 30.0. The van der Waals surface area contributed by atoms with Crippen LogP contribution in [-0.4, -0.2) is 17.9 Å². The van der Waals surface area contributed by atoms with Crippen LogP contribution in [0.2, 0.25) is 0 Å². The maximum atomic E-state index is 3.54. The third kappa shape index (κ3) is 2.24. The summed E-state index contributed by atoms with van der Waals surface area (Å²) in [6.07, 6.45) is 4.15. The van der Waals surface area contributed by atoms with Crippen molar-refractivity contribution < 1.29 is 0 Å². The maximum absolute atomic E-state index is 3.54. The molecular weight excluding hydrogens is 190 g/mol. The average molecular weight is 206 g/mol. The summed E-state index contributed by atoms with van der Waals surface area (Å²) in [6.45, 7) is 3.53. The van der Waals surface area contributed by atoms with Crippen LogP contribution < -0.4 is 5.32 Å². The van der Waals surface area contributed by atoms with Gasteiger partial charge in [-0.05, 0) is 25.3 Å². The van der Waals surface area contributed by atoms with Crippen molar-refractivity contribution in [1.29, 1.82) is 0 Å². The third-order valence-corrected chi connectivity index (χ3v) is 3.30. The zero-order chi connectivity index (χ0) is 7.40. The van der Waals surface area contributed by atoms with Gasteiger partial charge in [-0.25, -0.2) is 0 Å². The number of hydrogen-bond acceptors (Lipinski definition) is 1. The van der Waals surface area contributed by atoms with Crippen molar-refractivity contribution in [2.75, 3.05) is 11.9 Å². The van der Waals surface area contributed by atoms with Gasteiger partial charge in [0.05, 0.1) is 0 Å². The smallest absolute Gasteiger partial charge is 0.0101 e. The molecule has 0 aliphatic carbocycles. The van der Waals surface area contributed by atoms with Gasteiger partial charge in [0.25, 0.3) is 0 Å². The summed E-state index contributed by atoms with van der Waals surface area (Å²) >= 11 is 3.51. The molecule has 2 unspecified atom stereocenters. The summed E-state index contributed by atoms with van der Waals surface area (Å²) in [5.74, 6) is 0.792. The summed E-state index contributed by atoms with van der Waals surface area (Å²) < 4.78 is 0. The number of alkyl halides is 1. The van der Waals surface area contributed by atoms with Crippen molar-refractivity contribution in [3.63, 3.8) is 0 Å². The van der Waals surface area contributed by atoms with Crippen LogP contribution in [0.1, 0.15) is 26.2 Å². The highest BCUT2D eigenvalue weighted by Gasteiger charge is 2.17. The fourth-order valence-corrected chi connectivity index (χ4v) is 1.92. The van der Waals surface area contributed by atoms with E-state index < -0.39 is 0 Å². The highest BCUT2D eigenvalue weighted by molar-refractivity contribution is 9.09. The predicted octanol–water partition coefficient (Wildman–Crippen LogP) is 2.16. The molecular formula is C8H16BrN. The van der Waals surface area contributed by atoms with Gasteiger partial charge in [-0.2, -0.15) is 0 Å². The van der Waals surface area contributed by atoms with Crippen LogP contribution in [0, 0.1) is 5.92 Å². The van der Waals surface area contributed by atoms with Gasteiger partial charge in [0, 0.05) is 11.4 Å². The van der Waals surface area contributed by atoms with Crippen LogP contribution >= 0.6 is 15.9 Å². The lowest BCUT2D eigenvalue weighted by Crippen LogP contribution is -2.39. The highest BCUT2D eigenvalue weighted by atomic mass is 79.9. The second-order valence-electron chi connectivity index (χ2n) is 3.19. The molecule has 2 heteroatoms. The van der Waals surface area contributed by atoms with E-state index in [4.69, 9.17) is 0 Å². The van der Waals surface area contributed by atoms with E-state index in [9.17, 15) is 0 Å². The van der Waals surface area contributed by atoms with E-state index in [0.717, 1.165) is 17.3 Å². The first-order valence-electron chi connectivity index (χ1n) is 4.14. The number of halogens is 1. The van der Waals surface area contributed by atoms with Crippen LogP contribution in [-0.2, 0) is 0 Å². The molecule has 2 atom stereocenters. The van der Waals surface area contributed by atoms with Crippen LogP contribution in [0.4, 0.5) is 0 Å². The molecule has 1 rings (SSSR count). The summed E-state index contributed by atoms with van der Waals surface area (Å²) in [4.78, 5) is 0. The van der Waals surface area contributed by atoms with E-state index in [-0.39, 0.29) is 0 Å². The molecule has 0 aromatic carbocycles. The maximum Gasteiger partial charge on any atom is 0.0101 e. The Balaban J connectivity index is 2.24. The number of nitrogens with one attached hydrogen (secondary N) is 1. The molecule has 1 heterocycles. The van der Waals surface area contributed by atoms with Gasteiger partial charge in [-0.1, -0.05) is 29.3 Å². The Bertz CT molecular complexity index is 89.3. The van der Waals surface area contributed by atoms with E-state index >= 15 is 0 Å². The van der Waals surface area contributed by atoms with Gasteiger partial charge in [-0.15, -0.1) is 0 Å². The molecule has 0 spiro atoms. The Labute approximate surface area is 71.7 Å². The minimum Gasteiger partial charge on any atom is -0.314 e. The Morgan fingerprint density at radius 1 is 1.60 bits per heavy atom. The van der Waals surface area contributed by atoms with Gasteiger partial charge >= 0.3 is 0 Å². The molecule has 10 heavy (non-hydrogen) atoms. The second-order valence-corrected chi connectivity index (χ2v) is 3.84. The van der Waals surface area contributed by atoms with E-state index in [1.807, 2.05) is 0 Å². The summed E-state index contributed by atoms with van der Waals surface area (Å²) in [6, 6.07) is 0.771. The number of piperidine rings is 1. The Kier molecular flexibility index (Phi) is 3.71. The number of hydrogen-bond donors (Lipinski definition) is 1. The molecule has 1 nitrogen and oxygen atoms in total. The molecule has 0 aromatic heterocycles. The average Bonchev–Trinajstić information content (AvgIpc) is 2.05. The zero-order valence-corrected chi connectivity index (χ0v) is 8.15. The monoisotopic (exact) mass is 205 g/mol. The van der Waals surface area contributed by atoms with Gasteiger partial charge in [0.2, 0.25) is 0 Å². The van der Waals surface area contributed by atoms with Crippen molar-refractivity contribution in [1.82, 2.24) is 5.32 Å². The first-order chi connectivity index (χ1) is 4.84. The highest BCUT2D eigenvalue weighted by Crippen LogP contribution is 2.16. The molecule has 0 bridgehead atoms. The second kappa shape index (κ2) is 4.35. The molecule has 0 amide bonds. The first kappa shape index (κ1) is 8.54. The van der Waals surface area contributed by atoms with Gasteiger partial charge in [-0.3, -0.25) is 0 Å². The van der Waals surface area contributed by atoms with E-state index in [1.54, 1.807) is 0 Å². The molecule has 1 saturated heterocycles. The molecule has 1 aliphatic rings. The SMILES string of the molecule is CC(CBr)C1CCCCN1. The predicted molar refractivity (Wildman–Crippen MR) is 48.6 cm³/mol. The largest absolute Gasteiger partial charge is 0.314 e. The third-order valence-electron chi connectivity index (χ3n) is 2.28. The summed E-state index contributed by atoms with van der Waals surface area (Å²) in [5, 5.41) is 4.67. The lowest BCUT2D eigenvalue weighted by atomic mass is 9.95. The lowest BCUT2D eigenvalue weighted by molar-refractivity contribution is 0.331. The van der Waals surface area contributed by atoms with E-state index in [1.165, 1.54) is 25.8 Å². The van der Waals surface area contributed by atoms with Crippen LogP contribution in [0.5, 0.6) is 0 Å². The first-order valence-corrected chi connectivity index (χ1v) is 5.26. The van der Waals surface area contributed by atoms with Crippen molar-refractivity contribution in [3.05, 3.63) is 0 Å². The summed E-state index contributed by atoms with van der Waals surface area (Å²) in [7, 11) is 0. The summed E-state index contributed by atoms with van der Waals surface area (Å²) in [5.41, 5.74) is 0. The Morgan fingerprint density at radius 3 is 2.90 bits per heavy atom. The topological polar surface area (TPSA) is 12.0 Å². The fraction of sp³-hybridized carbons (Fsp3) is 1.00.